The summed E-state index contributed by atoms with van der Waals surface area (Å²) in [6, 6.07) is 6.65. The summed E-state index contributed by atoms with van der Waals surface area (Å²) in [7, 11) is 0. The van der Waals surface area contributed by atoms with Crippen LogP contribution in [-0.4, -0.2) is 36.1 Å². The molecule has 106 valence electrons. The van der Waals surface area contributed by atoms with E-state index in [1.54, 1.807) is 11.3 Å². The van der Waals surface area contributed by atoms with E-state index in [0.29, 0.717) is 0 Å². The molecule has 0 saturated carbocycles. The molecule has 0 bridgehead atoms. The van der Waals surface area contributed by atoms with Crippen LogP contribution < -0.4 is 4.90 Å². The molecule has 0 amide bonds. The first kappa shape index (κ1) is 13.5. The molecule has 0 aliphatic carbocycles. The van der Waals surface area contributed by atoms with E-state index >= 15 is 0 Å². The van der Waals surface area contributed by atoms with Gasteiger partial charge in [-0.15, -0.1) is 11.3 Å². The number of hydrogen-bond donors (Lipinski definition) is 0. The van der Waals surface area contributed by atoms with Gasteiger partial charge in [0.15, 0.2) is 5.13 Å². The number of nitrogens with zero attached hydrogens (tertiary/aromatic N) is 3. The fourth-order valence-electron chi connectivity index (χ4n) is 2.55. The number of anilines is 2. The van der Waals surface area contributed by atoms with Crippen LogP contribution in [0.3, 0.4) is 0 Å². The Hall–Kier alpha value is -1.46. The van der Waals surface area contributed by atoms with Crippen LogP contribution in [0.2, 0.25) is 0 Å². The predicted molar refractivity (Wildman–Crippen MR) is 81.2 cm³/mol. The molecule has 5 heteroatoms. The van der Waals surface area contributed by atoms with Gasteiger partial charge in [-0.25, -0.2) is 9.37 Å². The molecule has 0 N–H and O–H groups in total. The van der Waals surface area contributed by atoms with Crippen molar-refractivity contribution in [3.05, 3.63) is 41.7 Å². The average Bonchev–Trinajstić information content (AvgIpc) is 3.14. The number of halogens is 1. The minimum atomic E-state index is -0.201. The number of aromatic nitrogens is 1. The largest absolute Gasteiger partial charge is 0.317 e. The Morgan fingerprint density at radius 2 is 1.95 bits per heavy atom. The van der Waals surface area contributed by atoms with E-state index in [2.05, 4.69) is 14.8 Å². The Bertz CT molecular complexity index is 521. The highest BCUT2D eigenvalue weighted by Gasteiger charge is 2.16. The van der Waals surface area contributed by atoms with Crippen LogP contribution in [0.5, 0.6) is 0 Å². The van der Waals surface area contributed by atoms with Gasteiger partial charge in [-0.3, -0.25) is 0 Å². The third kappa shape index (κ3) is 3.16. The molecular formula is C15H18FN3S. The van der Waals surface area contributed by atoms with Gasteiger partial charge in [-0.05, 0) is 50.2 Å². The summed E-state index contributed by atoms with van der Waals surface area (Å²) < 4.78 is 13.1. The maximum Gasteiger partial charge on any atom is 0.189 e. The normalized spacial score (nSPS) is 15.7. The molecule has 2 heterocycles. The Labute approximate surface area is 122 Å². The first-order valence-corrected chi connectivity index (χ1v) is 7.86. The molecule has 0 atom stereocenters. The van der Waals surface area contributed by atoms with E-state index < -0.39 is 0 Å². The molecule has 0 radical (unpaired) electrons. The summed E-state index contributed by atoms with van der Waals surface area (Å²) in [5, 5.41) is 2.94. The highest BCUT2D eigenvalue weighted by Crippen LogP contribution is 2.27. The van der Waals surface area contributed by atoms with Crippen LogP contribution >= 0.6 is 11.3 Å². The number of hydrogen-bond acceptors (Lipinski definition) is 4. The molecule has 3 rings (SSSR count). The maximum atomic E-state index is 13.1. The summed E-state index contributed by atoms with van der Waals surface area (Å²) in [6.45, 7) is 4.29. The molecule has 3 nitrogen and oxygen atoms in total. The number of thiazole rings is 1. The summed E-state index contributed by atoms with van der Waals surface area (Å²) in [5.41, 5.74) is 1.00. The third-order valence-electron chi connectivity index (χ3n) is 3.63. The quantitative estimate of drug-likeness (QED) is 0.840. The van der Waals surface area contributed by atoms with Gasteiger partial charge in [0.25, 0.3) is 0 Å². The van der Waals surface area contributed by atoms with Gasteiger partial charge in [0.05, 0.1) is 0 Å². The van der Waals surface area contributed by atoms with Crippen molar-refractivity contribution in [3.8, 4) is 0 Å². The minimum Gasteiger partial charge on any atom is -0.317 e. The second kappa shape index (κ2) is 6.33. The molecule has 20 heavy (non-hydrogen) atoms. The van der Waals surface area contributed by atoms with Crippen molar-refractivity contribution < 1.29 is 4.39 Å². The van der Waals surface area contributed by atoms with Crippen LogP contribution in [-0.2, 0) is 0 Å². The van der Waals surface area contributed by atoms with Crippen molar-refractivity contribution in [1.29, 1.82) is 0 Å². The van der Waals surface area contributed by atoms with Gasteiger partial charge < -0.3 is 9.80 Å². The second-order valence-corrected chi connectivity index (χ2v) is 5.86. The fourth-order valence-corrected chi connectivity index (χ4v) is 3.24. The summed E-state index contributed by atoms with van der Waals surface area (Å²) in [5.74, 6) is -0.201. The molecule has 2 aromatic rings. The van der Waals surface area contributed by atoms with E-state index in [-0.39, 0.29) is 5.82 Å². The summed E-state index contributed by atoms with van der Waals surface area (Å²) >= 11 is 1.62. The number of benzene rings is 1. The van der Waals surface area contributed by atoms with Crippen molar-refractivity contribution in [2.24, 2.45) is 0 Å². The lowest BCUT2D eigenvalue weighted by Gasteiger charge is -2.25. The number of likely N-dealkylation sites (tertiary alicyclic amines) is 1. The molecule has 0 unspecified atom stereocenters. The van der Waals surface area contributed by atoms with Crippen molar-refractivity contribution in [2.45, 2.75) is 12.8 Å². The zero-order valence-corrected chi connectivity index (χ0v) is 12.2. The molecule has 1 aromatic heterocycles. The SMILES string of the molecule is Fc1ccc(N(CCN2CCCC2)c2nccs2)cc1. The molecule has 1 saturated heterocycles. The van der Waals surface area contributed by atoms with E-state index in [1.807, 2.05) is 23.7 Å². The monoisotopic (exact) mass is 291 g/mol. The van der Waals surface area contributed by atoms with E-state index in [1.165, 1.54) is 38.1 Å². The number of rotatable bonds is 5. The van der Waals surface area contributed by atoms with Crippen LogP contribution in [0, 0.1) is 5.82 Å². The van der Waals surface area contributed by atoms with E-state index in [4.69, 9.17) is 0 Å². The molecular weight excluding hydrogens is 273 g/mol. The van der Waals surface area contributed by atoms with Crippen LogP contribution in [0.25, 0.3) is 0 Å². The van der Waals surface area contributed by atoms with Gasteiger partial charge in [-0.1, -0.05) is 0 Å². The molecule has 1 aliphatic rings. The minimum absolute atomic E-state index is 0.201. The zero-order chi connectivity index (χ0) is 13.8. The van der Waals surface area contributed by atoms with Crippen LogP contribution in [0.15, 0.2) is 35.8 Å². The van der Waals surface area contributed by atoms with Gasteiger partial charge in [-0.2, -0.15) is 0 Å². The lowest BCUT2D eigenvalue weighted by atomic mass is 10.3. The molecule has 1 aromatic carbocycles. The fraction of sp³-hybridized carbons (Fsp3) is 0.400. The van der Waals surface area contributed by atoms with E-state index in [0.717, 1.165) is 23.9 Å². The average molecular weight is 291 g/mol. The Kier molecular flexibility index (Phi) is 4.28. The topological polar surface area (TPSA) is 19.4 Å². The summed E-state index contributed by atoms with van der Waals surface area (Å²) in [4.78, 5) is 9.04. The van der Waals surface area contributed by atoms with Gasteiger partial charge in [0.2, 0.25) is 0 Å². The molecule has 0 spiro atoms. The predicted octanol–water partition coefficient (Wildman–Crippen LogP) is 3.52. The lowest BCUT2D eigenvalue weighted by molar-refractivity contribution is 0.348. The Morgan fingerprint density at radius 1 is 1.20 bits per heavy atom. The molecule has 1 fully saturated rings. The van der Waals surface area contributed by atoms with Crippen LogP contribution in [0.4, 0.5) is 15.2 Å². The van der Waals surface area contributed by atoms with E-state index in [9.17, 15) is 4.39 Å². The summed E-state index contributed by atoms with van der Waals surface area (Å²) in [6.07, 6.45) is 4.41. The van der Waals surface area contributed by atoms with Crippen molar-refractivity contribution >= 4 is 22.2 Å². The van der Waals surface area contributed by atoms with Gasteiger partial charge in [0, 0.05) is 30.4 Å². The highest BCUT2D eigenvalue weighted by molar-refractivity contribution is 7.13. The van der Waals surface area contributed by atoms with Crippen molar-refractivity contribution in [2.75, 3.05) is 31.1 Å². The molecule has 1 aliphatic heterocycles. The lowest BCUT2D eigenvalue weighted by Crippen LogP contribution is -2.31. The van der Waals surface area contributed by atoms with Gasteiger partial charge in [0.1, 0.15) is 5.82 Å². The maximum absolute atomic E-state index is 13.1. The van der Waals surface area contributed by atoms with Crippen LogP contribution in [0.1, 0.15) is 12.8 Å². The third-order valence-corrected chi connectivity index (χ3v) is 4.42. The first-order valence-electron chi connectivity index (χ1n) is 6.98. The highest BCUT2D eigenvalue weighted by atomic mass is 32.1. The zero-order valence-electron chi connectivity index (χ0n) is 11.3. The second-order valence-electron chi connectivity index (χ2n) is 4.99. The van der Waals surface area contributed by atoms with Crippen molar-refractivity contribution in [1.82, 2.24) is 9.88 Å². The Morgan fingerprint density at radius 3 is 2.60 bits per heavy atom. The first-order chi connectivity index (χ1) is 9.83. The smallest absolute Gasteiger partial charge is 0.189 e. The van der Waals surface area contributed by atoms with Gasteiger partial charge >= 0.3 is 0 Å². The standard InChI is InChI=1S/C15H18FN3S/c16-13-3-5-14(6-4-13)19(15-17-7-12-20-15)11-10-18-8-1-2-9-18/h3-7,12H,1-2,8-11H2. The van der Waals surface area contributed by atoms with Crippen molar-refractivity contribution in [3.63, 3.8) is 0 Å². The Balaban J connectivity index is 1.75.